The van der Waals surface area contributed by atoms with Crippen LogP contribution in [0, 0.1) is 32.6 Å². The third-order valence-electron chi connectivity index (χ3n) is 11.9. The molecule has 0 bridgehead atoms. The van der Waals surface area contributed by atoms with E-state index in [0.29, 0.717) is 0 Å². The van der Waals surface area contributed by atoms with Gasteiger partial charge in [0, 0.05) is 12.4 Å². The average Bonchev–Trinajstić information content (AvgIpc) is 3.39. The average molecular weight is 1110 g/mol. The maximum atomic E-state index is 7.50. The fourth-order valence-corrected chi connectivity index (χ4v) is 7.82. The van der Waals surface area contributed by atoms with Crippen LogP contribution in [0.1, 0.15) is 153 Å². The molecule has 364 valence electrons. The zero-order chi connectivity index (χ0) is 48.9. The Hall–Kier alpha value is -4.54. The molecule has 0 amide bonds. The van der Waals surface area contributed by atoms with Gasteiger partial charge in [-0.3, -0.25) is 0 Å². The topological polar surface area (TPSA) is 64.1 Å². The second-order valence-corrected chi connectivity index (χ2v) is 17.5. The summed E-state index contributed by atoms with van der Waals surface area (Å²) in [4.78, 5) is 9.25. The van der Waals surface area contributed by atoms with Crippen LogP contribution in [-0.2, 0) is 22.5 Å². The Labute approximate surface area is 426 Å². The van der Waals surface area contributed by atoms with Gasteiger partial charge in [-0.25, -0.2) is 0 Å². The molecule has 0 N–H and O–H groups in total. The SMILES string of the molecule is CCCCCCCCCCCCOc1ccc(-c2ccc(-c3[c-]cc(C)cc3)nc2)cc1.CCCCCCCCCCCCOc1ccc(-c2ccc(-c3[c-]cc(C)cc3)nc2)cc1.[C-]#[O+].[Cl][Ir+2]. The number of hydrogen-bond donors (Lipinski definition) is 0. The van der Waals surface area contributed by atoms with Crippen LogP contribution in [0.4, 0.5) is 0 Å². The minimum atomic E-state index is 0.805. The Balaban J connectivity index is 0.000000336. The molecule has 4 aromatic carbocycles. The number of rotatable bonds is 28. The molecule has 68 heavy (non-hydrogen) atoms. The molecule has 0 aliphatic rings. The van der Waals surface area contributed by atoms with E-state index in [1.165, 1.54) is 145 Å². The molecular weight excluding hydrogens is 1040 g/mol. The van der Waals surface area contributed by atoms with E-state index >= 15 is 0 Å². The summed E-state index contributed by atoms with van der Waals surface area (Å²) in [5.74, 6) is 1.90. The zero-order valence-electron chi connectivity index (χ0n) is 41.4. The first kappa shape index (κ1) is 57.8. The standard InChI is InChI=1S/2C30H38NO.CO.ClH.Ir/c2*1-3-4-5-6-7-8-9-10-11-12-23-32-29-20-17-26(18-21-29)28-19-22-30(31-24-28)27-15-13-25(2)14-16-27;1-2;;/h2*13-15,17-22,24H,3-12,23H2,1-2H3;;1H;/q2*-1;;;+3/p-1. The van der Waals surface area contributed by atoms with E-state index in [1.807, 2.05) is 24.5 Å². The van der Waals surface area contributed by atoms with Crippen molar-refractivity contribution in [2.75, 3.05) is 13.2 Å². The van der Waals surface area contributed by atoms with Crippen LogP contribution in [0.3, 0.4) is 0 Å². The summed E-state index contributed by atoms with van der Waals surface area (Å²) in [5.41, 5.74) is 10.9. The van der Waals surface area contributed by atoms with E-state index in [2.05, 4.69) is 163 Å². The Morgan fingerprint density at radius 2 is 0.735 bits per heavy atom. The molecule has 0 saturated heterocycles. The number of ether oxygens (including phenoxy) is 2. The van der Waals surface area contributed by atoms with Gasteiger partial charge in [-0.15, -0.1) is 70.8 Å². The van der Waals surface area contributed by atoms with Gasteiger partial charge < -0.3 is 19.4 Å². The Bertz CT molecular complexity index is 1990. The fourth-order valence-electron chi connectivity index (χ4n) is 7.82. The predicted molar refractivity (Wildman–Crippen MR) is 282 cm³/mol. The molecule has 6 rings (SSSR count). The summed E-state index contributed by atoms with van der Waals surface area (Å²) in [6.07, 6.45) is 30.8. The number of aromatic nitrogens is 2. The molecule has 0 radical (unpaired) electrons. The first-order valence-corrected chi connectivity index (χ1v) is 28.2. The molecule has 0 saturated carbocycles. The second-order valence-electron chi connectivity index (χ2n) is 17.5. The summed E-state index contributed by atoms with van der Waals surface area (Å²) in [6, 6.07) is 44.0. The van der Waals surface area contributed by atoms with Crippen LogP contribution < -0.4 is 9.47 Å². The Kier molecular flexibility index (Phi) is 31.7. The number of nitrogens with zero attached hydrogens (tertiary/aromatic N) is 2. The van der Waals surface area contributed by atoms with Gasteiger partial charge in [-0.2, -0.15) is 0 Å². The van der Waals surface area contributed by atoms with Gasteiger partial charge in [-0.05, 0) is 70.7 Å². The quantitative estimate of drug-likeness (QED) is 0.0279. The molecule has 0 atom stereocenters. The number of halogens is 1. The Morgan fingerprint density at radius 1 is 0.426 bits per heavy atom. The molecular formula is C61H76ClIrN2O3. The molecule has 2 heterocycles. The normalized spacial score (nSPS) is 10.4. The van der Waals surface area contributed by atoms with Crippen LogP contribution in [0.2, 0.25) is 0 Å². The molecule has 0 aliphatic heterocycles. The van der Waals surface area contributed by atoms with Crippen LogP contribution in [0.15, 0.2) is 122 Å². The third kappa shape index (κ3) is 23.7. The van der Waals surface area contributed by atoms with Crippen molar-refractivity contribution >= 4 is 9.58 Å². The monoisotopic (exact) mass is 1110 g/mol. The van der Waals surface area contributed by atoms with Crippen molar-refractivity contribution in [1.29, 1.82) is 0 Å². The van der Waals surface area contributed by atoms with E-state index in [-0.39, 0.29) is 0 Å². The fraction of sp³-hybridized carbons (Fsp3) is 0.426. The van der Waals surface area contributed by atoms with Crippen LogP contribution in [0.25, 0.3) is 44.8 Å². The van der Waals surface area contributed by atoms with Crippen molar-refractivity contribution in [3.05, 3.63) is 151 Å². The minimum absolute atomic E-state index is 0.805. The van der Waals surface area contributed by atoms with E-state index in [9.17, 15) is 0 Å². The maximum absolute atomic E-state index is 7.50. The second kappa shape index (κ2) is 37.4. The Morgan fingerprint density at radius 3 is 1.01 bits per heavy atom. The summed E-state index contributed by atoms with van der Waals surface area (Å²) in [6.45, 7) is 14.8. The van der Waals surface area contributed by atoms with Crippen molar-refractivity contribution in [2.45, 2.75) is 156 Å². The number of hydrogen-bond acceptors (Lipinski definition) is 4. The molecule has 7 heteroatoms. The van der Waals surface area contributed by atoms with Gasteiger partial charge in [0.25, 0.3) is 0 Å². The third-order valence-corrected chi connectivity index (χ3v) is 11.9. The van der Waals surface area contributed by atoms with Gasteiger partial charge in [-0.1, -0.05) is 192 Å². The number of benzene rings is 4. The van der Waals surface area contributed by atoms with Gasteiger partial charge in [0.15, 0.2) is 0 Å². The molecule has 2 aromatic heterocycles. The zero-order valence-corrected chi connectivity index (χ0v) is 44.6. The number of pyridine rings is 2. The first-order valence-electron chi connectivity index (χ1n) is 25.2. The van der Waals surface area contributed by atoms with Gasteiger partial charge in [0.2, 0.25) is 0 Å². The van der Waals surface area contributed by atoms with Crippen LogP contribution in [0.5, 0.6) is 11.5 Å². The molecule has 5 nitrogen and oxygen atoms in total. The van der Waals surface area contributed by atoms with Crippen molar-refractivity contribution in [1.82, 2.24) is 9.97 Å². The van der Waals surface area contributed by atoms with Crippen LogP contribution in [-0.4, -0.2) is 23.2 Å². The molecule has 0 unspecified atom stereocenters. The van der Waals surface area contributed by atoms with Crippen molar-refractivity contribution in [3.8, 4) is 56.3 Å². The molecule has 0 fully saturated rings. The van der Waals surface area contributed by atoms with E-state index in [1.54, 1.807) is 0 Å². The van der Waals surface area contributed by atoms with E-state index in [0.717, 1.165) is 82.3 Å². The molecule has 0 aliphatic carbocycles. The molecule has 6 aromatic rings. The van der Waals surface area contributed by atoms with Gasteiger partial charge in [0.1, 0.15) is 11.5 Å². The van der Waals surface area contributed by atoms with Gasteiger partial charge >= 0.3 is 38.8 Å². The summed E-state index contributed by atoms with van der Waals surface area (Å²) in [5, 5.41) is 0. The summed E-state index contributed by atoms with van der Waals surface area (Å²) >= 11 is 1.47. The van der Waals surface area contributed by atoms with Crippen molar-refractivity contribution < 1.29 is 32.0 Å². The van der Waals surface area contributed by atoms with Crippen molar-refractivity contribution in [2.24, 2.45) is 0 Å². The van der Waals surface area contributed by atoms with E-state index in [4.69, 9.17) is 14.1 Å². The van der Waals surface area contributed by atoms with Gasteiger partial charge in [0.05, 0.1) is 13.2 Å². The number of unbranched alkanes of at least 4 members (excludes halogenated alkanes) is 18. The van der Waals surface area contributed by atoms with Crippen LogP contribution >= 0.6 is 9.58 Å². The summed E-state index contributed by atoms with van der Waals surface area (Å²) in [7, 11) is 4.64. The van der Waals surface area contributed by atoms with E-state index < -0.39 is 0 Å². The molecule has 0 spiro atoms. The number of aryl methyl sites for hydroxylation is 2. The van der Waals surface area contributed by atoms with Crippen molar-refractivity contribution in [3.63, 3.8) is 0 Å². The first-order chi connectivity index (χ1) is 33.5. The summed E-state index contributed by atoms with van der Waals surface area (Å²) < 4.78 is 19.4. The predicted octanol–water partition coefficient (Wildman–Crippen LogP) is 18.3.